The average molecular weight is 398 g/mol. The second kappa shape index (κ2) is 5.78. The summed E-state index contributed by atoms with van der Waals surface area (Å²) in [5.74, 6) is -2.10. The van der Waals surface area contributed by atoms with Crippen LogP contribution >= 0.6 is 15.9 Å². The SMILES string of the molecule is O=C(NS(=O)(=O)c1ccccc1F)c1cc2ccc(Br)cc2o1. The van der Waals surface area contributed by atoms with Gasteiger partial charge in [0.2, 0.25) is 0 Å². The Morgan fingerprint density at radius 2 is 1.87 bits per heavy atom. The van der Waals surface area contributed by atoms with Crippen LogP contribution < -0.4 is 4.72 Å². The second-order valence-corrected chi connectivity index (χ2v) is 7.22. The Labute approximate surface area is 139 Å². The number of rotatable bonds is 3. The Hall–Kier alpha value is -2.19. The number of fused-ring (bicyclic) bond motifs is 1. The molecule has 0 saturated heterocycles. The van der Waals surface area contributed by atoms with Gasteiger partial charge in [-0.05, 0) is 36.4 Å². The molecule has 0 bridgehead atoms. The molecule has 0 atom stereocenters. The van der Waals surface area contributed by atoms with Crippen molar-refractivity contribution in [3.8, 4) is 0 Å². The molecule has 1 heterocycles. The smallest absolute Gasteiger partial charge is 0.300 e. The number of carbonyl (C=O) groups excluding carboxylic acids is 1. The van der Waals surface area contributed by atoms with Gasteiger partial charge in [-0.2, -0.15) is 0 Å². The fourth-order valence-corrected chi connectivity index (χ4v) is 3.38. The molecular formula is C15H9BrFNO4S. The molecule has 0 unspecified atom stereocenters. The number of amides is 1. The van der Waals surface area contributed by atoms with Gasteiger partial charge in [-0.1, -0.05) is 28.1 Å². The second-order valence-electron chi connectivity index (χ2n) is 4.66. The lowest BCUT2D eigenvalue weighted by Crippen LogP contribution is -2.30. The van der Waals surface area contributed by atoms with Crippen molar-refractivity contribution in [3.63, 3.8) is 0 Å². The first-order valence-corrected chi connectivity index (χ1v) is 8.65. The lowest BCUT2D eigenvalue weighted by atomic mass is 10.2. The molecule has 3 aromatic rings. The first kappa shape index (κ1) is 15.7. The first-order chi connectivity index (χ1) is 10.9. The maximum atomic E-state index is 13.6. The third kappa shape index (κ3) is 3.13. The molecule has 1 aromatic heterocycles. The number of hydrogen-bond donors (Lipinski definition) is 1. The summed E-state index contributed by atoms with van der Waals surface area (Å²) >= 11 is 3.27. The molecule has 0 aliphatic rings. The maximum Gasteiger partial charge on any atom is 0.300 e. The number of halogens is 2. The molecule has 118 valence electrons. The normalized spacial score (nSPS) is 11.6. The van der Waals surface area contributed by atoms with Crippen molar-refractivity contribution in [2.75, 3.05) is 0 Å². The molecular weight excluding hydrogens is 389 g/mol. The zero-order valence-electron chi connectivity index (χ0n) is 11.4. The van der Waals surface area contributed by atoms with E-state index in [9.17, 15) is 17.6 Å². The number of sulfonamides is 1. The van der Waals surface area contributed by atoms with Crippen LogP contribution in [0.15, 0.2) is 62.3 Å². The van der Waals surface area contributed by atoms with Crippen LogP contribution in [-0.2, 0) is 10.0 Å². The van der Waals surface area contributed by atoms with E-state index in [0.29, 0.717) is 11.0 Å². The van der Waals surface area contributed by atoms with Gasteiger partial charge in [0.15, 0.2) is 5.76 Å². The fraction of sp³-hybridized carbons (Fsp3) is 0. The Bertz CT molecular complexity index is 1010. The predicted octanol–water partition coefficient (Wildman–Crippen LogP) is 3.45. The van der Waals surface area contributed by atoms with Gasteiger partial charge in [-0.15, -0.1) is 0 Å². The zero-order chi connectivity index (χ0) is 16.6. The van der Waals surface area contributed by atoms with Crippen LogP contribution in [0.5, 0.6) is 0 Å². The van der Waals surface area contributed by atoms with Crippen molar-refractivity contribution < 1.29 is 22.0 Å². The molecule has 1 N–H and O–H groups in total. The van der Waals surface area contributed by atoms with Gasteiger partial charge in [0.05, 0.1) is 0 Å². The van der Waals surface area contributed by atoms with Gasteiger partial charge in [-0.3, -0.25) is 4.79 Å². The van der Waals surface area contributed by atoms with Gasteiger partial charge in [-0.25, -0.2) is 17.5 Å². The summed E-state index contributed by atoms with van der Waals surface area (Å²) in [6.45, 7) is 0. The van der Waals surface area contributed by atoms with Crippen LogP contribution in [0.25, 0.3) is 11.0 Å². The van der Waals surface area contributed by atoms with E-state index in [1.54, 1.807) is 22.9 Å². The molecule has 0 aliphatic heterocycles. The summed E-state index contributed by atoms with van der Waals surface area (Å²) in [4.78, 5) is 11.5. The average Bonchev–Trinajstić information content (AvgIpc) is 2.90. The van der Waals surface area contributed by atoms with E-state index in [1.807, 2.05) is 0 Å². The van der Waals surface area contributed by atoms with E-state index in [0.717, 1.165) is 16.6 Å². The Kier molecular flexibility index (Phi) is 3.95. The zero-order valence-corrected chi connectivity index (χ0v) is 13.8. The molecule has 0 aliphatic carbocycles. The summed E-state index contributed by atoms with van der Waals surface area (Å²) in [5.41, 5.74) is 0.424. The van der Waals surface area contributed by atoms with Crippen LogP contribution in [0.2, 0.25) is 0 Å². The maximum absolute atomic E-state index is 13.6. The third-order valence-corrected chi connectivity index (χ3v) is 4.92. The summed E-state index contributed by atoms with van der Waals surface area (Å²) in [5, 5.41) is 0.640. The van der Waals surface area contributed by atoms with E-state index in [2.05, 4.69) is 15.9 Å². The Balaban J connectivity index is 1.92. The number of carbonyl (C=O) groups is 1. The van der Waals surface area contributed by atoms with Gasteiger partial charge < -0.3 is 4.42 Å². The topological polar surface area (TPSA) is 76.4 Å². The molecule has 2 aromatic carbocycles. The summed E-state index contributed by atoms with van der Waals surface area (Å²) in [6.07, 6.45) is 0. The monoisotopic (exact) mass is 397 g/mol. The van der Waals surface area contributed by atoms with Crippen molar-refractivity contribution in [1.82, 2.24) is 4.72 Å². The van der Waals surface area contributed by atoms with Crippen molar-refractivity contribution in [2.45, 2.75) is 4.90 Å². The van der Waals surface area contributed by atoms with E-state index in [-0.39, 0.29) is 5.76 Å². The number of benzene rings is 2. The first-order valence-electron chi connectivity index (χ1n) is 6.37. The minimum Gasteiger partial charge on any atom is -0.451 e. The Morgan fingerprint density at radius 1 is 1.13 bits per heavy atom. The number of furan rings is 1. The van der Waals surface area contributed by atoms with Gasteiger partial charge in [0.1, 0.15) is 16.3 Å². The number of nitrogens with one attached hydrogen (secondary N) is 1. The molecule has 0 spiro atoms. The quantitative estimate of drug-likeness (QED) is 0.733. The minimum atomic E-state index is -4.33. The van der Waals surface area contributed by atoms with Crippen LogP contribution in [0, 0.1) is 5.82 Å². The largest absolute Gasteiger partial charge is 0.451 e. The summed E-state index contributed by atoms with van der Waals surface area (Å²) in [6, 6.07) is 11.3. The molecule has 5 nitrogen and oxygen atoms in total. The molecule has 1 amide bonds. The van der Waals surface area contributed by atoms with Crippen LogP contribution in [0.1, 0.15) is 10.6 Å². The molecule has 0 radical (unpaired) electrons. The lowest BCUT2D eigenvalue weighted by Gasteiger charge is -2.05. The third-order valence-electron chi connectivity index (χ3n) is 3.06. The highest BCUT2D eigenvalue weighted by Crippen LogP contribution is 2.23. The van der Waals surface area contributed by atoms with E-state index in [1.165, 1.54) is 18.2 Å². The standard InChI is InChI=1S/C15H9BrFNO4S/c16-10-6-5-9-7-13(22-12(9)8-10)15(19)18-23(20,21)14-4-2-1-3-11(14)17/h1-8H,(H,18,19). The highest BCUT2D eigenvalue weighted by Gasteiger charge is 2.23. The molecule has 23 heavy (non-hydrogen) atoms. The number of hydrogen-bond acceptors (Lipinski definition) is 4. The summed E-state index contributed by atoms with van der Waals surface area (Å²) in [7, 11) is -4.33. The minimum absolute atomic E-state index is 0.182. The fourth-order valence-electron chi connectivity index (χ4n) is 2.01. The summed E-state index contributed by atoms with van der Waals surface area (Å²) < 4.78 is 45.6. The molecule has 8 heteroatoms. The van der Waals surface area contributed by atoms with Crippen LogP contribution in [0.4, 0.5) is 4.39 Å². The van der Waals surface area contributed by atoms with E-state index >= 15 is 0 Å². The van der Waals surface area contributed by atoms with Crippen molar-refractivity contribution in [1.29, 1.82) is 0 Å². The van der Waals surface area contributed by atoms with Crippen molar-refractivity contribution in [3.05, 3.63) is 64.6 Å². The molecule has 0 fully saturated rings. The highest BCUT2D eigenvalue weighted by molar-refractivity contribution is 9.10. The van der Waals surface area contributed by atoms with Crippen LogP contribution in [-0.4, -0.2) is 14.3 Å². The molecule has 3 rings (SSSR count). The van der Waals surface area contributed by atoms with Crippen molar-refractivity contribution in [2.24, 2.45) is 0 Å². The highest BCUT2D eigenvalue weighted by atomic mass is 79.9. The van der Waals surface area contributed by atoms with E-state index < -0.39 is 26.6 Å². The van der Waals surface area contributed by atoms with Crippen LogP contribution in [0.3, 0.4) is 0 Å². The predicted molar refractivity (Wildman–Crippen MR) is 85.0 cm³/mol. The van der Waals surface area contributed by atoms with E-state index in [4.69, 9.17) is 4.42 Å². The van der Waals surface area contributed by atoms with Gasteiger partial charge in [0.25, 0.3) is 10.0 Å². The lowest BCUT2D eigenvalue weighted by molar-refractivity contribution is 0.0956. The van der Waals surface area contributed by atoms with Gasteiger partial charge in [0, 0.05) is 9.86 Å². The van der Waals surface area contributed by atoms with Crippen molar-refractivity contribution >= 4 is 42.8 Å². The van der Waals surface area contributed by atoms with Gasteiger partial charge >= 0.3 is 5.91 Å². The Morgan fingerprint density at radius 3 is 2.61 bits per heavy atom. The molecule has 0 saturated carbocycles.